The number of piperazine rings is 1. The van der Waals surface area contributed by atoms with Crippen molar-refractivity contribution in [3.8, 4) is 11.5 Å². The third-order valence-electron chi connectivity index (χ3n) is 6.06. The molecule has 2 aromatic carbocycles. The number of fused-ring (bicyclic) bond motifs is 1. The number of ether oxygens (including phenoxy) is 2. The van der Waals surface area contributed by atoms with Crippen LogP contribution in [0.15, 0.2) is 42.5 Å². The van der Waals surface area contributed by atoms with Crippen molar-refractivity contribution in [2.75, 3.05) is 39.5 Å². The highest BCUT2D eigenvalue weighted by Gasteiger charge is 2.28. The van der Waals surface area contributed by atoms with Crippen LogP contribution in [0.3, 0.4) is 0 Å². The van der Waals surface area contributed by atoms with Gasteiger partial charge in [-0.3, -0.25) is 14.6 Å². The van der Waals surface area contributed by atoms with Crippen LogP contribution in [-0.4, -0.2) is 66.3 Å². The summed E-state index contributed by atoms with van der Waals surface area (Å²) in [5.74, 6) is 1.86. The van der Waals surface area contributed by atoms with Gasteiger partial charge < -0.3 is 19.9 Å². The first-order valence-electron chi connectivity index (χ1n) is 11.5. The number of aliphatic hydroxyl groups excluding tert-OH is 1. The lowest BCUT2D eigenvalue weighted by atomic mass is 10.1. The molecule has 0 bridgehead atoms. The fraction of sp³-hybridized carbons (Fsp3) is 0.480. The minimum Gasteiger partial charge on any atom is -0.492 e. The normalized spacial score (nSPS) is 19.6. The smallest absolute Gasteiger partial charge is 0.237 e. The Bertz CT molecular complexity index is 920. The quantitative estimate of drug-likeness (QED) is 0.657. The van der Waals surface area contributed by atoms with Crippen molar-refractivity contribution in [1.82, 2.24) is 15.1 Å². The Kier molecular flexibility index (Phi) is 7.63. The van der Waals surface area contributed by atoms with Crippen molar-refractivity contribution in [1.29, 1.82) is 0 Å². The van der Waals surface area contributed by atoms with Gasteiger partial charge in [0.25, 0.3) is 0 Å². The summed E-state index contributed by atoms with van der Waals surface area (Å²) >= 11 is 0. The zero-order chi connectivity index (χ0) is 22.3. The zero-order valence-corrected chi connectivity index (χ0v) is 18.8. The maximum atomic E-state index is 12.2. The third-order valence-corrected chi connectivity index (χ3v) is 6.06. The van der Waals surface area contributed by atoms with E-state index in [0.717, 1.165) is 50.6 Å². The van der Waals surface area contributed by atoms with Crippen molar-refractivity contribution in [2.45, 2.75) is 39.0 Å². The standard InChI is InChI=1S/C25H33N3O4/c1-2-23-25(30)26-8-9-28(23)17-20-6-7-24-21(14-20)18-27(10-12-32-24)16-19-4-3-5-22(15-19)31-13-11-29/h3-7,14-15,23,29H,2,8-13,16-18H2,1H3,(H,26,30). The second-order valence-electron chi connectivity index (χ2n) is 8.41. The summed E-state index contributed by atoms with van der Waals surface area (Å²) in [5.41, 5.74) is 3.56. The van der Waals surface area contributed by atoms with Gasteiger partial charge in [0.2, 0.25) is 5.91 Å². The molecule has 2 heterocycles. The summed E-state index contributed by atoms with van der Waals surface area (Å²) in [7, 11) is 0. The van der Waals surface area contributed by atoms with Gasteiger partial charge in [-0.05, 0) is 41.8 Å². The molecule has 1 saturated heterocycles. The Balaban J connectivity index is 1.44. The molecule has 4 rings (SSSR count). The lowest BCUT2D eigenvalue weighted by molar-refractivity contribution is -0.129. The van der Waals surface area contributed by atoms with Crippen molar-refractivity contribution >= 4 is 5.91 Å². The van der Waals surface area contributed by atoms with E-state index in [4.69, 9.17) is 14.6 Å². The number of benzene rings is 2. The SMILES string of the molecule is CCC1C(=O)NCCN1Cc1ccc2c(c1)CN(Cc1cccc(OCCO)c1)CCO2. The highest BCUT2D eigenvalue weighted by molar-refractivity contribution is 5.82. The number of rotatable bonds is 8. The predicted octanol–water partition coefficient (Wildman–Crippen LogP) is 2.16. The monoisotopic (exact) mass is 439 g/mol. The molecule has 2 N–H and O–H groups in total. The molecule has 0 radical (unpaired) electrons. The molecular weight excluding hydrogens is 406 g/mol. The number of carbonyl (C=O) groups is 1. The second-order valence-corrected chi connectivity index (χ2v) is 8.41. The van der Waals surface area contributed by atoms with Crippen LogP contribution in [0.5, 0.6) is 11.5 Å². The molecule has 0 aromatic heterocycles. The third kappa shape index (κ3) is 5.59. The lowest BCUT2D eigenvalue weighted by Crippen LogP contribution is -2.54. The van der Waals surface area contributed by atoms with Crippen molar-refractivity contribution in [2.24, 2.45) is 0 Å². The number of nitrogens with zero attached hydrogens (tertiary/aromatic N) is 2. The molecule has 7 heteroatoms. The topological polar surface area (TPSA) is 74.3 Å². The van der Waals surface area contributed by atoms with Gasteiger partial charge in [0.05, 0.1) is 12.6 Å². The van der Waals surface area contributed by atoms with Crippen LogP contribution in [0.4, 0.5) is 0 Å². The number of nitrogens with one attached hydrogen (secondary N) is 1. The summed E-state index contributed by atoms with van der Waals surface area (Å²) in [5, 5.41) is 12.0. The Morgan fingerprint density at radius 3 is 2.88 bits per heavy atom. The molecule has 172 valence electrons. The summed E-state index contributed by atoms with van der Waals surface area (Å²) in [6.45, 7) is 7.82. The molecule has 0 spiro atoms. The zero-order valence-electron chi connectivity index (χ0n) is 18.8. The number of amides is 1. The average Bonchev–Trinajstić information content (AvgIpc) is 2.99. The summed E-state index contributed by atoms with van der Waals surface area (Å²) in [4.78, 5) is 16.9. The average molecular weight is 440 g/mol. The Morgan fingerprint density at radius 2 is 2.03 bits per heavy atom. The van der Waals surface area contributed by atoms with Gasteiger partial charge in [-0.2, -0.15) is 0 Å². The van der Waals surface area contributed by atoms with Gasteiger partial charge in [-0.25, -0.2) is 0 Å². The minimum atomic E-state index is -0.0596. The molecule has 0 aliphatic carbocycles. The summed E-state index contributed by atoms with van der Waals surface area (Å²) < 4.78 is 11.6. The van der Waals surface area contributed by atoms with Crippen molar-refractivity contribution in [3.05, 3.63) is 59.2 Å². The van der Waals surface area contributed by atoms with E-state index in [2.05, 4.69) is 46.3 Å². The first kappa shape index (κ1) is 22.6. The van der Waals surface area contributed by atoms with E-state index in [0.29, 0.717) is 19.8 Å². The minimum absolute atomic E-state index is 0.00785. The largest absolute Gasteiger partial charge is 0.492 e. The molecule has 2 aliphatic heterocycles. The number of carbonyl (C=O) groups excluding carboxylic acids is 1. The highest BCUT2D eigenvalue weighted by atomic mass is 16.5. The molecule has 1 unspecified atom stereocenters. The molecular formula is C25H33N3O4. The van der Waals surface area contributed by atoms with Gasteiger partial charge in [0, 0.05) is 44.8 Å². The predicted molar refractivity (Wildman–Crippen MR) is 123 cm³/mol. The van der Waals surface area contributed by atoms with E-state index in [-0.39, 0.29) is 18.6 Å². The molecule has 1 amide bonds. The van der Waals surface area contributed by atoms with Gasteiger partial charge in [0.15, 0.2) is 0 Å². The lowest BCUT2D eigenvalue weighted by Gasteiger charge is -2.34. The van der Waals surface area contributed by atoms with Crippen LogP contribution in [0.1, 0.15) is 30.0 Å². The Labute approximate surface area is 189 Å². The Hall–Kier alpha value is -2.61. The van der Waals surface area contributed by atoms with Gasteiger partial charge in [-0.15, -0.1) is 0 Å². The van der Waals surface area contributed by atoms with Gasteiger partial charge in [0.1, 0.15) is 24.7 Å². The maximum absolute atomic E-state index is 12.2. The van der Waals surface area contributed by atoms with Crippen LogP contribution in [0.25, 0.3) is 0 Å². The van der Waals surface area contributed by atoms with Crippen LogP contribution in [0, 0.1) is 0 Å². The summed E-state index contributed by atoms with van der Waals surface area (Å²) in [6, 6.07) is 14.4. The molecule has 0 saturated carbocycles. The number of hydrogen-bond donors (Lipinski definition) is 2. The number of hydrogen-bond acceptors (Lipinski definition) is 6. The molecule has 7 nitrogen and oxygen atoms in total. The van der Waals surface area contributed by atoms with Crippen molar-refractivity contribution in [3.63, 3.8) is 0 Å². The van der Waals surface area contributed by atoms with E-state index in [1.165, 1.54) is 16.7 Å². The van der Waals surface area contributed by atoms with E-state index in [1.807, 2.05) is 18.2 Å². The highest BCUT2D eigenvalue weighted by Crippen LogP contribution is 2.27. The van der Waals surface area contributed by atoms with Crippen LogP contribution >= 0.6 is 0 Å². The van der Waals surface area contributed by atoms with Gasteiger partial charge in [-0.1, -0.05) is 25.1 Å². The summed E-state index contributed by atoms with van der Waals surface area (Å²) in [6.07, 6.45) is 0.814. The Morgan fingerprint density at radius 1 is 1.16 bits per heavy atom. The molecule has 2 aromatic rings. The first-order valence-corrected chi connectivity index (χ1v) is 11.5. The van der Waals surface area contributed by atoms with Crippen LogP contribution in [0.2, 0.25) is 0 Å². The molecule has 32 heavy (non-hydrogen) atoms. The fourth-order valence-corrected chi connectivity index (χ4v) is 4.52. The maximum Gasteiger partial charge on any atom is 0.237 e. The first-order chi connectivity index (χ1) is 15.7. The van der Waals surface area contributed by atoms with E-state index < -0.39 is 0 Å². The second kappa shape index (κ2) is 10.8. The van der Waals surface area contributed by atoms with Crippen molar-refractivity contribution < 1.29 is 19.4 Å². The van der Waals surface area contributed by atoms with Crippen LogP contribution < -0.4 is 14.8 Å². The van der Waals surface area contributed by atoms with E-state index in [1.54, 1.807) is 0 Å². The van der Waals surface area contributed by atoms with Crippen LogP contribution in [-0.2, 0) is 24.4 Å². The fourth-order valence-electron chi connectivity index (χ4n) is 4.52. The van der Waals surface area contributed by atoms with E-state index in [9.17, 15) is 4.79 Å². The number of aliphatic hydroxyl groups is 1. The molecule has 2 aliphatic rings. The molecule has 1 atom stereocenters. The van der Waals surface area contributed by atoms with E-state index >= 15 is 0 Å². The molecule has 1 fully saturated rings. The van der Waals surface area contributed by atoms with Gasteiger partial charge >= 0.3 is 0 Å².